The average molecular weight is 342 g/mol. The van der Waals surface area contributed by atoms with Crippen LogP contribution in [0.2, 0.25) is 0 Å². The number of benzene rings is 3. The topological polar surface area (TPSA) is 38.0 Å². The Labute approximate surface area is 156 Å². The molecule has 0 spiro atoms. The highest BCUT2D eigenvalue weighted by Crippen LogP contribution is 2.23. The van der Waals surface area contributed by atoms with E-state index in [4.69, 9.17) is 5.73 Å². The SMILES string of the molecule is C=CC(c1ccccc1)[C@@H](N)CNC(c1ccccc1)c1ccccc1. The number of hydrogen-bond acceptors (Lipinski definition) is 2. The van der Waals surface area contributed by atoms with E-state index in [2.05, 4.69) is 72.6 Å². The van der Waals surface area contributed by atoms with Gasteiger partial charge in [-0.15, -0.1) is 6.58 Å². The zero-order valence-electron chi connectivity index (χ0n) is 15.0. The smallest absolute Gasteiger partial charge is 0.0577 e. The molecule has 2 heteroatoms. The molecule has 0 amide bonds. The van der Waals surface area contributed by atoms with Crippen molar-refractivity contribution in [2.24, 2.45) is 5.73 Å². The molecule has 0 aliphatic heterocycles. The third-order valence-electron chi connectivity index (χ3n) is 4.72. The van der Waals surface area contributed by atoms with Crippen molar-refractivity contribution in [2.75, 3.05) is 6.54 Å². The number of nitrogens with two attached hydrogens (primary N) is 1. The van der Waals surface area contributed by atoms with Gasteiger partial charge in [-0.1, -0.05) is 97.1 Å². The van der Waals surface area contributed by atoms with Crippen LogP contribution in [-0.2, 0) is 0 Å². The summed E-state index contributed by atoms with van der Waals surface area (Å²) in [6, 6.07) is 31.4. The molecule has 0 radical (unpaired) electrons. The van der Waals surface area contributed by atoms with Gasteiger partial charge in [0.1, 0.15) is 0 Å². The van der Waals surface area contributed by atoms with Gasteiger partial charge < -0.3 is 11.1 Å². The van der Waals surface area contributed by atoms with Crippen molar-refractivity contribution in [1.82, 2.24) is 5.32 Å². The molecular weight excluding hydrogens is 316 g/mol. The zero-order chi connectivity index (χ0) is 18.2. The van der Waals surface area contributed by atoms with Crippen LogP contribution in [0.1, 0.15) is 28.7 Å². The minimum Gasteiger partial charge on any atom is -0.326 e. The molecule has 0 saturated heterocycles. The molecule has 26 heavy (non-hydrogen) atoms. The molecule has 0 saturated carbocycles. The summed E-state index contributed by atoms with van der Waals surface area (Å²) >= 11 is 0. The van der Waals surface area contributed by atoms with Crippen molar-refractivity contribution >= 4 is 0 Å². The Morgan fingerprint density at radius 1 is 0.731 bits per heavy atom. The van der Waals surface area contributed by atoms with E-state index in [0.717, 1.165) is 0 Å². The van der Waals surface area contributed by atoms with E-state index in [1.165, 1.54) is 16.7 Å². The van der Waals surface area contributed by atoms with E-state index < -0.39 is 0 Å². The summed E-state index contributed by atoms with van der Waals surface area (Å²) < 4.78 is 0. The first kappa shape index (κ1) is 18.1. The summed E-state index contributed by atoms with van der Waals surface area (Å²) in [5.74, 6) is 0.121. The molecular formula is C24H26N2. The van der Waals surface area contributed by atoms with Crippen molar-refractivity contribution in [1.29, 1.82) is 0 Å². The standard InChI is InChI=1S/C24H26N2/c1-2-22(19-12-6-3-7-13-19)23(25)18-26-24(20-14-8-4-9-15-20)21-16-10-5-11-17-21/h2-17,22-24,26H,1,18,25H2/t22?,23-/m0/s1. The van der Waals surface area contributed by atoms with E-state index in [1.807, 2.05) is 36.4 Å². The molecule has 0 heterocycles. The minimum atomic E-state index is -0.0511. The predicted molar refractivity (Wildman–Crippen MR) is 110 cm³/mol. The van der Waals surface area contributed by atoms with Crippen molar-refractivity contribution in [3.63, 3.8) is 0 Å². The van der Waals surface area contributed by atoms with Crippen molar-refractivity contribution in [3.8, 4) is 0 Å². The van der Waals surface area contributed by atoms with Gasteiger partial charge in [-0.2, -0.15) is 0 Å². The maximum Gasteiger partial charge on any atom is 0.0577 e. The fraction of sp³-hybridized carbons (Fsp3) is 0.167. The molecule has 1 unspecified atom stereocenters. The molecule has 2 atom stereocenters. The minimum absolute atomic E-state index is 0.0511. The fourth-order valence-electron chi connectivity index (χ4n) is 3.33. The van der Waals surface area contributed by atoms with Crippen LogP contribution in [0.25, 0.3) is 0 Å². The number of hydrogen-bond donors (Lipinski definition) is 2. The Balaban J connectivity index is 1.76. The number of nitrogens with one attached hydrogen (secondary N) is 1. The Bertz CT molecular complexity index is 745. The van der Waals surface area contributed by atoms with Gasteiger partial charge in [0.05, 0.1) is 6.04 Å². The lowest BCUT2D eigenvalue weighted by atomic mass is 9.91. The van der Waals surface area contributed by atoms with Gasteiger partial charge in [0, 0.05) is 18.5 Å². The van der Waals surface area contributed by atoms with Crippen LogP contribution in [0.5, 0.6) is 0 Å². The van der Waals surface area contributed by atoms with Crippen LogP contribution in [0.3, 0.4) is 0 Å². The molecule has 3 rings (SSSR count). The lowest BCUT2D eigenvalue weighted by molar-refractivity contribution is 0.507. The fourth-order valence-corrected chi connectivity index (χ4v) is 3.33. The highest BCUT2D eigenvalue weighted by atomic mass is 14.9. The van der Waals surface area contributed by atoms with E-state index in [-0.39, 0.29) is 18.0 Å². The van der Waals surface area contributed by atoms with Crippen molar-refractivity contribution < 1.29 is 0 Å². The molecule has 0 bridgehead atoms. The predicted octanol–water partition coefficient (Wildman–Crippen LogP) is 4.66. The van der Waals surface area contributed by atoms with Crippen molar-refractivity contribution in [3.05, 3.63) is 120 Å². The molecule has 0 aliphatic carbocycles. The van der Waals surface area contributed by atoms with Crippen LogP contribution < -0.4 is 11.1 Å². The highest BCUT2D eigenvalue weighted by molar-refractivity contribution is 5.32. The van der Waals surface area contributed by atoms with Gasteiger partial charge >= 0.3 is 0 Å². The second-order valence-electron chi connectivity index (χ2n) is 6.50. The first-order chi connectivity index (χ1) is 12.8. The third-order valence-corrected chi connectivity index (χ3v) is 4.72. The third kappa shape index (κ3) is 4.48. The van der Waals surface area contributed by atoms with Crippen LogP contribution >= 0.6 is 0 Å². The van der Waals surface area contributed by atoms with E-state index in [1.54, 1.807) is 0 Å². The average Bonchev–Trinajstić information content (AvgIpc) is 2.71. The van der Waals surface area contributed by atoms with E-state index in [9.17, 15) is 0 Å². The van der Waals surface area contributed by atoms with E-state index >= 15 is 0 Å². The van der Waals surface area contributed by atoms with Gasteiger partial charge in [-0.3, -0.25) is 0 Å². The highest BCUT2D eigenvalue weighted by Gasteiger charge is 2.19. The largest absolute Gasteiger partial charge is 0.326 e. The molecule has 3 aromatic rings. The normalized spacial score (nSPS) is 13.3. The zero-order valence-corrected chi connectivity index (χ0v) is 15.0. The second-order valence-corrected chi connectivity index (χ2v) is 6.50. The summed E-state index contributed by atoms with van der Waals surface area (Å²) in [5, 5.41) is 3.66. The molecule has 0 fully saturated rings. The maximum absolute atomic E-state index is 6.53. The van der Waals surface area contributed by atoms with Crippen LogP contribution in [0.15, 0.2) is 104 Å². The van der Waals surface area contributed by atoms with Gasteiger partial charge in [-0.05, 0) is 16.7 Å². The summed E-state index contributed by atoms with van der Waals surface area (Å²) in [7, 11) is 0. The van der Waals surface area contributed by atoms with Gasteiger partial charge in [-0.25, -0.2) is 0 Å². The molecule has 0 aromatic heterocycles. The summed E-state index contributed by atoms with van der Waals surface area (Å²) in [6.07, 6.45) is 1.95. The summed E-state index contributed by atoms with van der Waals surface area (Å²) in [5.41, 5.74) is 10.2. The van der Waals surface area contributed by atoms with Crippen molar-refractivity contribution in [2.45, 2.75) is 18.0 Å². The molecule has 3 aromatic carbocycles. The Kier molecular flexibility index (Phi) is 6.37. The van der Waals surface area contributed by atoms with Crippen LogP contribution in [0, 0.1) is 0 Å². The lowest BCUT2D eigenvalue weighted by Gasteiger charge is -2.26. The Morgan fingerprint density at radius 2 is 1.15 bits per heavy atom. The second kappa shape index (κ2) is 9.14. The van der Waals surface area contributed by atoms with Gasteiger partial charge in [0.15, 0.2) is 0 Å². The first-order valence-corrected chi connectivity index (χ1v) is 9.06. The lowest BCUT2D eigenvalue weighted by Crippen LogP contribution is -2.40. The number of rotatable bonds is 8. The van der Waals surface area contributed by atoms with E-state index in [0.29, 0.717) is 6.54 Å². The molecule has 2 nitrogen and oxygen atoms in total. The molecule has 3 N–H and O–H groups in total. The maximum atomic E-state index is 6.53. The summed E-state index contributed by atoms with van der Waals surface area (Å²) in [6.45, 7) is 4.69. The van der Waals surface area contributed by atoms with Crippen LogP contribution in [0.4, 0.5) is 0 Å². The van der Waals surface area contributed by atoms with Gasteiger partial charge in [0.25, 0.3) is 0 Å². The molecule has 0 aliphatic rings. The van der Waals surface area contributed by atoms with Crippen LogP contribution in [-0.4, -0.2) is 12.6 Å². The summed E-state index contributed by atoms with van der Waals surface area (Å²) in [4.78, 5) is 0. The Hall–Kier alpha value is -2.68. The Morgan fingerprint density at radius 3 is 1.58 bits per heavy atom. The quantitative estimate of drug-likeness (QED) is 0.584. The first-order valence-electron chi connectivity index (χ1n) is 9.06. The monoisotopic (exact) mass is 342 g/mol. The molecule has 132 valence electrons. The van der Waals surface area contributed by atoms with Gasteiger partial charge in [0.2, 0.25) is 0 Å².